The fourth-order valence-electron chi connectivity index (χ4n) is 4.40. The molecule has 0 aromatic heterocycles. The normalized spacial score (nSPS) is 14.8. The molecule has 6 heteroatoms. The highest BCUT2D eigenvalue weighted by Gasteiger charge is 2.30. The average molecular weight is 453 g/mol. The first-order chi connectivity index (χ1) is 16.1. The Balaban J connectivity index is 1.71. The molecule has 0 spiro atoms. The maximum atomic E-state index is 13.3. The number of nitrogens with one attached hydrogen (secondary N) is 1. The van der Waals surface area contributed by atoms with Gasteiger partial charge < -0.3 is 19.7 Å². The summed E-state index contributed by atoms with van der Waals surface area (Å²) < 4.78 is 11.1. The molecule has 0 radical (unpaired) electrons. The Labute approximate surface area is 197 Å². The highest BCUT2D eigenvalue weighted by molar-refractivity contribution is 5.88. The van der Waals surface area contributed by atoms with Crippen molar-refractivity contribution < 1.29 is 19.1 Å². The summed E-state index contributed by atoms with van der Waals surface area (Å²) in [6.45, 7) is 2.26. The van der Waals surface area contributed by atoms with Crippen LogP contribution in [0, 0.1) is 0 Å². The van der Waals surface area contributed by atoms with Crippen LogP contribution in [0.2, 0.25) is 0 Å². The van der Waals surface area contributed by atoms with Crippen LogP contribution in [0.15, 0.2) is 54.6 Å². The molecule has 0 aliphatic heterocycles. The van der Waals surface area contributed by atoms with Gasteiger partial charge in [-0.3, -0.25) is 9.59 Å². The summed E-state index contributed by atoms with van der Waals surface area (Å²) in [6, 6.07) is 16.9. The fourth-order valence-corrected chi connectivity index (χ4v) is 4.40. The van der Waals surface area contributed by atoms with Gasteiger partial charge in [0, 0.05) is 12.6 Å². The van der Waals surface area contributed by atoms with E-state index in [1.54, 1.807) is 24.1 Å². The third-order valence-electron chi connectivity index (χ3n) is 6.24. The van der Waals surface area contributed by atoms with Gasteiger partial charge in [0.05, 0.1) is 7.11 Å². The van der Waals surface area contributed by atoms with E-state index in [1.165, 1.54) is 6.42 Å². The first kappa shape index (κ1) is 24.6. The summed E-state index contributed by atoms with van der Waals surface area (Å²) in [4.78, 5) is 28.2. The summed E-state index contributed by atoms with van der Waals surface area (Å²) in [5.74, 6) is 0.810. The first-order valence-electron chi connectivity index (χ1n) is 12.0. The van der Waals surface area contributed by atoms with Crippen LogP contribution in [-0.4, -0.2) is 49.1 Å². The Morgan fingerprint density at radius 1 is 1.00 bits per heavy atom. The second-order valence-corrected chi connectivity index (χ2v) is 8.53. The van der Waals surface area contributed by atoms with E-state index in [9.17, 15) is 9.59 Å². The summed E-state index contributed by atoms with van der Waals surface area (Å²) in [7, 11) is 1.57. The van der Waals surface area contributed by atoms with Crippen molar-refractivity contribution in [3.63, 3.8) is 0 Å². The molecule has 1 aliphatic carbocycles. The van der Waals surface area contributed by atoms with Crippen LogP contribution in [0.1, 0.15) is 51.0 Å². The lowest BCUT2D eigenvalue weighted by molar-refractivity contribution is -0.142. The van der Waals surface area contributed by atoms with Crippen LogP contribution in [0.5, 0.6) is 11.5 Å². The van der Waals surface area contributed by atoms with Crippen LogP contribution >= 0.6 is 0 Å². The molecule has 1 aliphatic rings. The van der Waals surface area contributed by atoms with Crippen LogP contribution in [0.4, 0.5) is 0 Å². The molecule has 2 aromatic rings. The maximum Gasteiger partial charge on any atom is 0.261 e. The number of rotatable bonds is 11. The van der Waals surface area contributed by atoms with Crippen molar-refractivity contribution in [2.75, 3.05) is 20.3 Å². The average Bonchev–Trinajstić information content (AvgIpc) is 2.86. The van der Waals surface area contributed by atoms with Crippen LogP contribution < -0.4 is 14.8 Å². The van der Waals surface area contributed by atoms with Crippen molar-refractivity contribution in [3.8, 4) is 11.5 Å². The molecule has 178 valence electrons. The van der Waals surface area contributed by atoms with Crippen LogP contribution in [0.3, 0.4) is 0 Å². The molecular formula is C27H36N2O4. The third kappa shape index (κ3) is 7.24. The SMILES string of the molecule is CC[C@@H](C(=O)NC1CCCCC1)N(CCc1ccccc1)C(=O)COc1ccccc1OC. The van der Waals surface area contributed by atoms with E-state index in [0.29, 0.717) is 30.9 Å². The zero-order valence-electron chi connectivity index (χ0n) is 19.8. The van der Waals surface area contributed by atoms with E-state index >= 15 is 0 Å². The molecule has 6 nitrogen and oxygen atoms in total. The van der Waals surface area contributed by atoms with Crippen molar-refractivity contribution in [3.05, 3.63) is 60.2 Å². The molecule has 0 heterocycles. The Hall–Kier alpha value is -3.02. The highest BCUT2D eigenvalue weighted by Crippen LogP contribution is 2.26. The smallest absolute Gasteiger partial charge is 0.261 e. The van der Waals surface area contributed by atoms with Gasteiger partial charge in [-0.25, -0.2) is 0 Å². The monoisotopic (exact) mass is 452 g/mol. The number of para-hydroxylation sites is 2. The second kappa shape index (κ2) is 12.9. The molecule has 1 atom stereocenters. The number of benzene rings is 2. The van der Waals surface area contributed by atoms with Crippen LogP contribution in [-0.2, 0) is 16.0 Å². The number of methoxy groups -OCH3 is 1. The van der Waals surface area contributed by atoms with Crippen molar-refractivity contribution in [2.45, 2.75) is 64.0 Å². The first-order valence-corrected chi connectivity index (χ1v) is 12.0. The molecule has 1 saturated carbocycles. The summed E-state index contributed by atoms with van der Waals surface area (Å²) >= 11 is 0. The number of carbonyl (C=O) groups excluding carboxylic acids is 2. The Morgan fingerprint density at radius 3 is 2.33 bits per heavy atom. The van der Waals surface area contributed by atoms with Gasteiger partial charge in [-0.1, -0.05) is 68.7 Å². The molecule has 2 amide bonds. The predicted molar refractivity (Wildman–Crippen MR) is 129 cm³/mol. The van der Waals surface area contributed by atoms with Gasteiger partial charge in [0.25, 0.3) is 5.91 Å². The number of hydrogen-bond donors (Lipinski definition) is 1. The maximum absolute atomic E-state index is 13.3. The number of ether oxygens (including phenoxy) is 2. The molecular weight excluding hydrogens is 416 g/mol. The minimum Gasteiger partial charge on any atom is -0.493 e. The van der Waals surface area contributed by atoms with E-state index in [4.69, 9.17) is 9.47 Å². The molecule has 0 saturated heterocycles. The lowest BCUT2D eigenvalue weighted by Gasteiger charge is -2.32. The number of nitrogens with zero attached hydrogens (tertiary/aromatic N) is 1. The number of carbonyl (C=O) groups is 2. The van der Waals surface area contributed by atoms with Crippen molar-refractivity contribution in [1.82, 2.24) is 10.2 Å². The van der Waals surface area contributed by atoms with E-state index in [1.807, 2.05) is 49.4 Å². The Bertz CT molecular complexity index is 881. The van der Waals surface area contributed by atoms with E-state index in [0.717, 1.165) is 31.2 Å². The summed E-state index contributed by atoms with van der Waals surface area (Å²) in [5, 5.41) is 3.20. The molecule has 33 heavy (non-hydrogen) atoms. The van der Waals surface area contributed by atoms with Gasteiger partial charge in [0.2, 0.25) is 5.91 Å². The topological polar surface area (TPSA) is 67.9 Å². The lowest BCUT2D eigenvalue weighted by atomic mass is 9.95. The molecule has 0 bridgehead atoms. The van der Waals surface area contributed by atoms with Crippen molar-refractivity contribution >= 4 is 11.8 Å². The van der Waals surface area contributed by atoms with Crippen molar-refractivity contribution in [1.29, 1.82) is 0 Å². The van der Waals surface area contributed by atoms with Gasteiger partial charge in [-0.15, -0.1) is 0 Å². The number of amides is 2. The summed E-state index contributed by atoms with van der Waals surface area (Å²) in [6.07, 6.45) is 6.76. The van der Waals surface area contributed by atoms with E-state index < -0.39 is 6.04 Å². The van der Waals surface area contributed by atoms with Gasteiger partial charge in [0.15, 0.2) is 18.1 Å². The summed E-state index contributed by atoms with van der Waals surface area (Å²) in [5.41, 5.74) is 1.13. The fraction of sp³-hybridized carbons (Fsp3) is 0.481. The highest BCUT2D eigenvalue weighted by atomic mass is 16.5. The Kier molecular flexibility index (Phi) is 9.60. The molecule has 1 N–H and O–H groups in total. The largest absolute Gasteiger partial charge is 0.493 e. The molecule has 2 aromatic carbocycles. The minimum atomic E-state index is -0.524. The van der Waals surface area contributed by atoms with Gasteiger partial charge in [-0.2, -0.15) is 0 Å². The molecule has 1 fully saturated rings. The zero-order chi connectivity index (χ0) is 23.5. The second-order valence-electron chi connectivity index (χ2n) is 8.53. The third-order valence-corrected chi connectivity index (χ3v) is 6.24. The Morgan fingerprint density at radius 2 is 1.67 bits per heavy atom. The van der Waals surface area contributed by atoms with Crippen LogP contribution in [0.25, 0.3) is 0 Å². The zero-order valence-corrected chi connectivity index (χ0v) is 19.8. The van der Waals surface area contributed by atoms with Gasteiger partial charge >= 0.3 is 0 Å². The molecule has 0 unspecified atom stereocenters. The van der Waals surface area contributed by atoms with Gasteiger partial charge in [-0.05, 0) is 43.4 Å². The van der Waals surface area contributed by atoms with Gasteiger partial charge in [0.1, 0.15) is 6.04 Å². The quantitative estimate of drug-likeness (QED) is 0.550. The number of hydrogen-bond acceptors (Lipinski definition) is 4. The van der Waals surface area contributed by atoms with Crippen molar-refractivity contribution in [2.24, 2.45) is 0 Å². The van der Waals surface area contributed by atoms with E-state index in [-0.39, 0.29) is 24.5 Å². The standard InChI is InChI=1S/C27H36N2O4/c1-3-23(27(31)28-22-14-8-5-9-15-22)29(19-18-21-12-6-4-7-13-21)26(30)20-33-25-17-11-10-16-24(25)32-2/h4,6-7,10-13,16-17,22-23H,3,5,8-9,14-15,18-20H2,1-2H3,(H,28,31)/t23-/m0/s1. The lowest BCUT2D eigenvalue weighted by Crippen LogP contribution is -2.53. The molecule has 3 rings (SSSR count). The predicted octanol–water partition coefficient (Wildman–Crippen LogP) is 4.37. The minimum absolute atomic E-state index is 0.0666. The van der Waals surface area contributed by atoms with E-state index in [2.05, 4.69) is 5.32 Å².